The van der Waals surface area contributed by atoms with E-state index >= 15 is 0 Å². The number of rotatable bonds is 6. The summed E-state index contributed by atoms with van der Waals surface area (Å²) in [6.07, 6.45) is 5.05. The highest BCUT2D eigenvalue weighted by Crippen LogP contribution is 2.13. The van der Waals surface area contributed by atoms with Gasteiger partial charge < -0.3 is 15.0 Å². The summed E-state index contributed by atoms with van der Waals surface area (Å²) in [5.41, 5.74) is 2.15. The van der Waals surface area contributed by atoms with Gasteiger partial charge in [0.1, 0.15) is 0 Å². The van der Waals surface area contributed by atoms with Crippen LogP contribution in [0.25, 0.3) is 5.69 Å². The van der Waals surface area contributed by atoms with Crippen LogP contribution in [0.5, 0.6) is 0 Å². The van der Waals surface area contributed by atoms with Crippen LogP contribution in [0, 0.1) is 5.92 Å². The van der Waals surface area contributed by atoms with Crippen LogP contribution < -0.4 is 5.32 Å². The number of nitrogens with one attached hydrogen (secondary N) is 1. The summed E-state index contributed by atoms with van der Waals surface area (Å²) in [4.78, 5) is 6.97. The first-order valence-corrected chi connectivity index (χ1v) is 8.92. The maximum atomic E-state index is 5.47. The lowest BCUT2D eigenvalue weighted by molar-refractivity contribution is 0.181. The lowest BCUT2D eigenvalue weighted by Gasteiger charge is -2.24. The smallest absolute Gasteiger partial charge is 0.193 e. The van der Waals surface area contributed by atoms with E-state index in [0.717, 1.165) is 49.9 Å². The fourth-order valence-electron chi connectivity index (χ4n) is 3.00. The molecule has 26 heavy (non-hydrogen) atoms. The minimum atomic E-state index is 0. The van der Waals surface area contributed by atoms with Crippen molar-refractivity contribution in [1.82, 2.24) is 20.0 Å². The normalized spacial score (nSPS) is 17.0. The molecule has 142 valence electrons. The molecule has 1 unspecified atom stereocenters. The van der Waals surface area contributed by atoms with Crippen LogP contribution in [0.15, 0.2) is 47.7 Å². The molecule has 6 nitrogen and oxygen atoms in total. The second-order valence-corrected chi connectivity index (χ2v) is 6.41. The van der Waals surface area contributed by atoms with Gasteiger partial charge in [0.05, 0.1) is 25.0 Å². The molecule has 1 fully saturated rings. The minimum Gasteiger partial charge on any atom is -0.381 e. The topological polar surface area (TPSA) is 54.7 Å². The van der Waals surface area contributed by atoms with Crippen molar-refractivity contribution < 1.29 is 4.74 Å². The zero-order valence-electron chi connectivity index (χ0n) is 15.5. The molecule has 0 spiro atoms. The van der Waals surface area contributed by atoms with Gasteiger partial charge in [-0.2, -0.15) is 5.10 Å². The lowest BCUT2D eigenvalue weighted by Crippen LogP contribution is -2.41. The molecule has 1 N–H and O–H groups in total. The standard InChI is InChI=1S/C19H27N5O.HI/c1-3-20-19(23(2)13-16-9-10-25-15-16)21-11-17-12-22-24(14-17)18-7-5-4-6-8-18;/h4-8,12,14,16H,3,9-11,13,15H2,1-2H3,(H,20,21);1H. The molecule has 1 aliphatic heterocycles. The summed E-state index contributed by atoms with van der Waals surface area (Å²) in [5.74, 6) is 1.52. The Morgan fingerprint density at radius 3 is 2.88 bits per heavy atom. The van der Waals surface area contributed by atoms with E-state index in [4.69, 9.17) is 9.73 Å². The molecule has 1 aromatic heterocycles. The zero-order valence-corrected chi connectivity index (χ0v) is 17.8. The number of aromatic nitrogens is 2. The highest BCUT2D eigenvalue weighted by molar-refractivity contribution is 14.0. The quantitative estimate of drug-likeness (QED) is 0.402. The van der Waals surface area contributed by atoms with Gasteiger partial charge in [-0.25, -0.2) is 9.67 Å². The predicted molar refractivity (Wildman–Crippen MR) is 115 cm³/mol. The SMILES string of the molecule is CCNC(=NCc1cnn(-c2ccccc2)c1)N(C)CC1CCOC1.I. The van der Waals surface area contributed by atoms with E-state index in [1.807, 2.05) is 47.4 Å². The second kappa shape index (κ2) is 10.5. The summed E-state index contributed by atoms with van der Waals surface area (Å²) in [7, 11) is 2.09. The van der Waals surface area contributed by atoms with Crippen LogP contribution in [-0.4, -0.2) is 54.0 Å². The Morgan fingerprint density at radius 1 is 1.38 bits per heavy atom. The maximum absolute atomic E-state index is 5.47. The summed E-state index contributed by atoms with van der Waals surface area (Å²) >= 11 is 0. The summed E-state index contributed by atoms with van der Waals surface area (Å²) < 4.78 is 7.36. The number of guanidine groups is 1. The van der Waals surface area contributed by atoms with E-state index < -0.39 is 0 Å². The largest absolute Gasteiger partial charge is 0.381 e. The van der Waals surface area contributed by atoms with Gasteiger partial charge in [0, 0.05) is 44.4 Å². The summed E-state index contributed by atoms with van der Waals surface area (Å²) in [6, 6.07) is 10.1. The average Bonchev–Trinajstić information content (AvgIpc) is 3.31. The molecule has 1 atom stereocenters. The first-order chi connectivity index (χ1) is 12.3. The van der Waals surface area contributed by atoms with Crippen molar-refractivity contribution in [2.24, 2.45) is 10.9 Å². The Hall–Kier alpha value is -1.61. The van der Waals surface area contributed by atoms with Crippen molar-refractivity contribution in [3.8, 4) is 5.69 Å². The van der Waals surface area contributed by atoms with Crippen LogP contribution in [0.3, 0.4) is 0 Å². The Labute approximate surface area is 172 Å². The van der Waals surface area contributed by atoms with Crippen LogP contribution in [0.4, 0.5) is 0 Å². The van der Waals surface area contributed by atoms with Crippen LogP contribution >= 0.6 is 24.0 Å². The number of benzene rings is 1. The highest BCUT2D eigenvalue weighted by Gasteiger charge is 2.19. The predicted octanol–water partition coefficient (Wildman–Crippen LogP) is 2.92. The molecule has 1 saturated heterocycles. The number of hydrogen-bond acceptors (Lipinski definition) is 3. The van der Waals surface area contributed by atoms with Gasteiger partial charge in [0.2, 0.25) is 0 Å². The van der Waals surface area contributed by atoms with E-state index in [-0.39, 0.29) is 24.0 Å². The molecular formula is C19H28IN5O. The summed E-state index contributed by atoms with van der Waals surface area (Å²) in [5, 5.41) is 7.81. The van der Waals surface area contributed by atoms with Gasteiger partial charge in [0.15, 0.2) is 5.96 Å². The lowest BCUT2D eigenvalue weighted by atomic mass is 10.1. The van der Waals surface area contributed by atoms with Crippen LogP contribution in [0.1, 0.15) is 18.9 Å². The van der Waals surface area contributed by atoms with Crippen molar-refractivity contribution in [2.75, 3.05) is 33.4 Å². The fraction of sp³-hybridized carbons (Fsp3) is 0.474. The molecule has 3 rings (SSSR count). The number of hydrogen-bond donors (Lipinski definition) is 1. The molecule has 2 heterocycles. The molecule has 0 bridgehead atoms. The molecule has 1 aromatic carbocycles. The number of nitrogens with zero attached hydrogens (tertiary/aromatic N) is 4. The third kappa shape index (κ3) is 5.70. The van der Waals surface area contributed by atoms with Gasteiger partial charge in [-0.15, -0.1) is 24.0 Å². The van der Waals surface area contributed by atoms with Crippen molar-refractivity contribution >= 4 is 29.9 Å². The minimum absolute atomic E-state index is 0. The zero-order chi connectivity index (χ0) is 17.5. The Kier molecular flexibility index (Phi) is 8.37. The van der Waals surface area contributed by atoms with Gasteiger partial charge in [-0.05, 0) is 25.5 Å². The van der Waals surface area contributed by atoms with Crippen molar-refractivity contribution in [1.29, 1.82) is 0 Å². The van der Waals surface area contributed by atoms with Crippen molar-refractivity contribution in [3.63, 3.8) is 0 Å². The van der Waals surface area contributed by atoms with E-state index in [2.05, 4.69) is 29.3 Å². The molecule has 0 amide bonds. The number of aliphatic imine (C=N–C) groups is 1. The van der Waals surface area contributed by atoms with Gasteiger partial charge in [-0.3, -0.25) is 0 Å². The molecule has 2 aromatic rings. The molecule has 0 aliphatic carbocycles. The Balaban J connectivity index is 0.00000243. The van der Waals surface area contributed by atoms with Crippen LogP contribution in [-0.2, 0) is 11.3 Å². The monoisotopic (exact) mass is 469 g/mol. The molecule has 7 heteroatoms. The number of para-hydroxylation sites is 1. The van der Waals surface area contributed by atoms with E-state index in [0.29, 0.717) is 12.5 Å². The van der Waals surface area contributed by atoms with Gasteiger partial charge in [0.25, 0.3) is 0 Å². The molecule has 0 saturated carbocycles. The number of ether oxygens (including phenoxy) is 1. The maximum Gasteiger partial charge on any atom is 0.193 e. The number of halogens is 1. The third-order valence-electron chi connectivity index (χ3n) is 4.32. The van der Waals surface area contributed by atoms with Crippen LogP contribution in [0.2, 0.25) is 0 Å². The summed E-state index contributed by atoms with van der Waals surface area (Å²) in [6.45, 7) is 6.26. The van der Waals surface area contributed by atoms with E-state index in [1.54, 1.807) is 0 Å². The Morgan fingerprint density at radius 2 is 2.19 bits per heavy atom. The van der Waals surface area contributed by atoms with Gasteiger partial charge in [-0.1, -0.05) is 18.2 Å². The average molecular weight is 469 g/mol. The highest BCUT2D eigenvalue weighted by atomic mass is 127. The van der Waals surface area contributed by atoms with E-state index in [1.165, 1.54) is 0 Å². The fourth-order valence-corrected chi connectivity index (χ4v) is 3.00. The molecule has 1 aliphatic rings. The molecular weight excluding hydrogens is 441 g/mol. The molecule has 0 radical (unpaired) electrons. The first-order valence-electron chi connectivity index (χ1n) is 8.92. The van der Waals surface area contributed by atoms with E-state index in [9.17, 15) is 0 Å². The van der Waals surface area contributed by atoms with Gasteiger partial charge >= 0.3 is 0 Å². The Bertz CT molecular complexity index is 682. The van der Waals surface area contributed by atoms with Crippen molar-refractivity contribution in [3.05, 3.63) is 48.3 Å². The third-order valence-corrected chi connectivity index (χ3v) is 4.32. The second-order valence-electron chi connectivity index (χ2n) is 6.41. The van der Waals surface area contributed by atoms with Crippen molar-refractivity contribution in [2.45, 2.75) is 19.9 Å². The first kappa shape index (κ1) is 20.7.